The van der Waals surface area contributed by atoms with E-state index in [-0.39, 0.29) is 23.5 Å². The average molecular weight is 461 g/mol. The zero-order chi connectivity index (χ0) is 23.1. The van der Waals surface area contributed by atoms with Crippen LogP contribution in [0.25, 0.3) is 22.1 Å². The molecule has 178 valence electrons. The van der Waals surface area contributed by atoms with Crippen molar-refractivity contribution in [2.24, 2.45) is 0 Å². The van der Waals surface area contributed by atoms with E-state index in [1.807, 2.05) is 57.7 Å². The number of para-hydroxylation sites is 4. The number of aromatic nitrogens is 4. The summed E-state index contributed by atoms with van der Waals surface area (Å²) in [6.07, 6.45) is 4.03. The molecule has 0 amide bonds. The number of aromatic amines is 2. The number of hydrogen-bond acceptors (Lipinski definition) is 4. The molecule has 2 fully saturated rings. The maximum Gasteiger partial charge on any atom is 0.326 e. The van der Waals surface area contributed by atoms with Crippen molar-refractivity contribution < 1.29 is 0 Å². The van der Waals surface area contributed by atoms with E-state index in [4.69, 9.17) is 0 Å². The third-order valence-electron chi connectivity index (χ3n) is 7.82. The van der Waals surface area contributed by atoms with Gasteiger partial charge in [-0.15, -0.1) is 0 Å². The molecule has 2 aliphatic rings. The van der Waals surface area contributed by atoms with Crippen LogP contribution in [0.1, 0.15) is 37.8 Å². The maximum atomic E-state index is 12.5. The Bertz CT molecular complexity index is 1290. The van der Waals surface area contributed by atoms with E-state index < -0.39 is 0 Å². The predicted molar refractivity (Wildman–Crippen MR) is 135 cm³/mol. The molecule has 0 bridgehead atoms. The molecule has 4 heterocycles. The second-order valence-electron chi connectivity index (χ2n) is 9.78. The van der Waals surface area contributed by atoms with Gasteiger partial charge in [0.15, 0.2) is 0 Å². The summed E-state index contributed by atoms with van der Waals surface area (Å²) in [5.74, 6) is 0. The molecule has 34 heavy (non-hydrogen) atoms. The van der Waals surface area contributed by atoms with Gasteiger partial charge in [0.2, 0.25) is 0 Å². The molecule has 0 unspecified atom stereocenters. The van der Waals surface area contributed by atoms with E-state index in [9.17, 15) is 9.59 Å². The molecule has 2 N–H and O–H groups in total. The summed E-state index contributed by atoms with van der Waals surface area (Å²) in [5, 5.41) is 0. The number of rotatable bonds is 5. The Morgan fingerprint density at radius 1 is 0.618 bits per heavy atom. The standard InChI is InChI=1S/C26H32N6O2/c33-25-27-21-5-1-3-7-23(21)31(25)19-9-13-29(14-10-19)17-18-30-15-11-20(12-16-30)32-24-8-4-2-6-22(24)28-26(32)34/h1-8,19-20H,9-18H2,(H,27,33)(H,28,34). The number of benzene rings is 2. The van der Waals surface area contributed by atoms with E-state index >= 15 is 0 Å². The second-order valence-corrected chi connectivity index (χ2v) is 9.78. The molecule has 0 spiro atoms. The van der Waals surface area contributed by atoms with Crippen LogP contribution in [0.5, 0.6) is 0 Å². The van der Waals surface area contributed by atoms with Gasteiger partial charge in [-0.1, -0.05) is 24.3 Å². The number of H-pyrrole nitrogens is 2. The van der Waals surface area contributed by atoms with Gasteiger partial charge in [0.05, 0.1) is 22.1 Å². The lowest BCUT2D eigenvalue weighted by Crippen LogP contribution is -2.43. The summed E-state index contributed by atoms with van der Waals surface area (Å²) >= 11 is 0. The van der Waals surface area contributed by atoms with Crippen molar-refractivity contribution in [3.63, 3.8) is 0 Å². The van der Waals surface area contributed by atoms with Crippen molar-refractivity contribution in [2.75, 3.05) is 39.3 Å². The quantitative estimate of drug-likeness (QED) is 0.480. The summed E-state index contributed by atoms with van der Waals surface area (Å²) in [5.41, 5.74) is 3.90. The SMILES string of the molecule is O=c1[nH]c2ccccc2n1C1CCN(CCN2CCC(n3c(=O)[nH]c4ccccc43)CC2)CC1. The minimum absolute atomic E-state index is 0.0110. The Labute approximate surface area is 197 Å². The first-order chi connectivity index (χ1) is 16.7. The highest BCUT2D eigenvalue weighted by atomic mass is 16.1. The first-order valence-corrected chi connectivity index (χ1v) is 12.5. The van der Waals surface area contributed by atoms with E-state index in [1.54, 1.807) is 0 Å². The van der Waals surface area contributed by atoms with Gasteiger partial charge < -0.3 is 19.8 Å². The van der Waals surface area contributed by atoms with E-state index in [1.165, 1.54) is 0 Å². The molecule has 4 aromatic rings. The fraction of sp³-hybridized carbons (Fsp3) is 0.462. The summed E-state index contributed by atoms with van der Waals surface area (Å²) in [6, 6.07) is 16.5. The zero-order valence-corrected chi connectivity index (χ0v) is 19.4. The number of likely N-dealkylation sites (tertiary alicyclic amines) is 2. The van der Waals surface area contributed by atoms with Crippen LogP contribution in [0.3, 0.4) is 0 Å². The van der Waals surface area contributed by atoms with Crippen molar-refractivity contribution in [1.82, 2.24) is 28.9 Å². The second kappa shape index (κ2) is 8.92. The van der Waals surface area contributed by atoms with E-state index in [0.29, 0.717) is 0 Å². The molecule has 0 radical (unpaired) electrons. The van der Waals surface area contributed by atoms with Gasteiger partial charge in [-0.3, -0.25) is 9.13 Å². The highest BCUT2D eigenvalue weighted by molar-refractivity contribution is 5.75. The van der Waals surface area contributed by atoms with Gasteiger partial charge in [0.1, 0.15) is 0 Å². The Morgan fingerprint density at radius 3 is 1.41 bits per heavy atom. The zero-order valence-electron chi connectivity index (χ0n) is 19.4. The topological polar surface area (TPSA) is 82.1 Å². The van der Waals surface area contributed by atoms with Gasteiger partial charge in [0.25, 0.3) is 0 Å². The fourth-order valence-corrected chi connectivity index (χ4v) is 5.96. The molecule has 8 heteroatoms. The van der Waals surface area contributed by atoms with Gasteiger partial charge in [-0.05, 0) is 49.9 Å². The number of piperidine rings is 2. The first kappa shape index (κ1) is 21.4. The molecule has 2 aromatic carbocycles. The molecule has 2 aliphatic heterocycles. The highest BCUT2D eigenvalue weighted by Gasteiger charge is 2.26. The molecular formula is C26H32N6O2. The van der Waals surface area contributed by atoms with Gasteiger partial charge in [0, 0.05) is 51.4 Å². The first-order valence-electron chi connectivity index (χ1n) is 12.5. The summed E-state index contributed by atoms with van der Waals surface area (Å²) < 4.78 is 3.92. The minimum Gasteiger partial charge on any atom is -0.306 e. The fourth-order valence-electron chi connectivity index (χ4n) is 5.96. The Kier molecular flexibility index (Phi) is 5.63. The monoisotopic (exact) mass is 460 g/mol. The van der Waals surface area contributed by atoms with Crippen LogP contribution in [-0.4, -0.2) is 68.2 Å². The summed E-state index contributed by atoms with van der Waals surface area (Å²) in [7, 11) is 0. The van der Waals surface area contributed by atoms with E-state index in [0.717, 1.165) is 87.0 Å². The average Bonchev–Trinajstić information content (AvgIpc) is 3.38. The molecule has 0 atom stereocenters. The molecule has 6 rings (SSSR count). The number of hydrogen-bond donors (Lipinski definition) is 2. The number of nitrogens with one attached hydrogen (secondary N) is 2. The smallest absolute Gasteiger partial charge is 0.306 e. The summed E-state index contributed by atoms with van der Waals surface area (Å²) in [6.45, 7) is 6.23. The van der Waals surface area contributed by atoms with Crippen LogP contribution in [0, 0.1) is 0 Å². The van der Waals surface area contributed by atoms with Crippen LogP contribution < -0.4 is 11.4 Å². The number of nitrogens with zero attached hydrogens (tertiary/aromatic N) is 4. The third kappa shape index (κ3) is 3.91. The lowest BCUT2D eigenvalue weighted by Gasteiger charge is -2.36. The van der Waals surface area contributed by atoms with Gasteiger partial charge >= 0.3 is 11.4 Å². The van der Waals surface area contributed by atoms with Crippen molar-refractivity contribution in [3.05, 3.63) is 69.5 Å². The van der Waals surface area contributed by atoms with Gasteiger partial charge in [-0.25, -0.2) is 9.59 Å². The molecular weight excluding hydrogens is 428 g/mol. The minimum atomic E-state index is 0.0110. The molecule has 2 aromatic heterocycles. The van der Waals surface area contributed by atoms with Crippen LogP contribution >= 0.6 is 0 Å². The normalized spacial score (nSPS) is 19.4. The Hall–Kier alpha value is -3.10. The molecule has 0 aliphatic carbocycles. The number of fused-ring (bicyclic) bond motifs is 2. The highest BCUT2D eigenvalue weighted by Crippen LogP contribution is 2.26. The Balaban J connectivity index is 1.01. The van der Waals surface area contributed by atoms with Crippen molar-refractivity contribution in [2.45, 2.75) is 37.8 Å². The molecule has 8 nitrogen and oxygen atoms in total. The number of imidazole rings is 2. The lowest BCUT2D eigenvalue weighted by molar-refractivity contribution is 0.135. The van der Waals surface area contributed by atoms with Crippen molar-refractivity contribution in [3.8, 4) is 0 Å². The predicted octanol–water partition coefficient (Wildman–Crippen LogP) is 2.95. The Morgan fingerprint density at radius 2 is 1.00 bits per heavy atom. The largest absolute Gasteiger partial charge is 0.326 e. The van der Waals surface area contributed by atoms with Crippen molar-refractivity contribution in [1.29, 1.82) is 0 Å². The maximum absolute atomic E-state index is 12.5. The van der Waals surface area contributed by atoms with Crippen LogP contribution in [0.2, 0.25) is 0 Å². The molecule has 2 saturated heterocycles. The molecule has 0 saturated carbocycles. The lowest BCUT2D eigenvalue weighted by atomic mass is 10.0. The summed E-state index contributed by atoms with van der Waals surface area (Å²) in [4.78, 5) is 36.1. The van der Waals surface area contributed by atoms with E-state index in [2.05, 4.69) is 19.8 Å². The van der Waals surface area contributed by atoms with Crippen LogP contribution in [0.15, 0.2) is 58.1 Å². The van der Waals surface area contributed by atoms with Crippen LogP contribution in [0.4, 0.5) is 0 Å². The third-order valence-corrected chi connectivity index (χ3v) is 7.82. The van der Waals surface area contributed by atoms with Crippen molar-refractivity contribution >= 4 is 22.1 Å². The van der Waals surface area contributed by atoms with Crippen LogP contribution in [-0.2, 0) is 0 Å². The van der Waals surface area contributed by atoms with Gasteiger partial charge in [-0.2, -0.15) is 0 Å².